The molecule has 5 nitrogen and oxygen atoms in total. The van der Waals surface area contributed by atoms with Gasteiger partial charge in [-0.25, -0.2) is 4.39 Å². The predicted octanol–water partition coefficient (Wildman–Crippen LogP) is 4.17. The van der Waals surface area contributed by atoms with Crippen molar-refractivity contribution in [3.63, 3.8) is 0 Å². The molecule has 2 aromatic carbocycles. The maximum Gasteiger partial charge on any atom is 0.265 e. The number of halogens is 1. The monoisotopic (exact) mass is 411 g/mol. The molecule has 0 saturated carbocycles. The average Bonchev–Trinajstić information content (AvgIpc) is 3.23. The minimum absolute atomic E-state index is 0.170. The van der Waals surface area contributed by atoms with E-state index in [1.54, 1.807) is 36.4 Å². The molecule has 2 amide bonds. The number of nitrogens with one attached hydrogen (secondary N) is 2. The Labute approximate surface area is 173 Å². The van der Waals surface area contributed by atoms with E-state index >= 15 is 0 Å². The first-order valence-corrected chi connectivity index (χ1v) is 9.97. The van der Waals surface area contributed by atoms with Crippen LogP contribution in [0.2, 0.25) is 0 Å². The highest BCUT2D eigenvalue weighted by Gasteiger charge is 2.17. The Morgan fingerprint density at radius 2 is 1.83 bits per heavy atom. The van der Waals surface area contributed by atoms with Gasteiger partial charge in [-0.2, -0.15) is 0 Å². The minimum Gasteiger partial charge on any atom is -0.350 e. The molecule has 7 heteroatoms. The Bertz CT molecular complexity index is 989. The fourth-order valence-electron chi connectivity index (χ4n) is 2.94. The molecule has 1 heterocycles. The van der Waals surface area contributed by atoms with E-state index in [-0.39, 0.29) is 23.7 Å². The first-order chi connectivity index (χ1) is 13.9. The Kier molecular flexibility index (Phi) is 6.74. The molecular formula is C22H22FN3O2S. The summed E-state index contributed by atoms with van der Waals surface area (Å²) in [5.41, 5.74) is 1.77. The zero-order valence-electron chi connectivity index (χ0n) is 16.2. The Morgan fingerprint density at radius 1 is 1.03 bits per heavy atom. The number of carbonyl (C=O) groups excluding carboxylic acids is 2. The summed E-state index contributed by atoms with van der Waals surface area (Å²) in [6.45, 7) is 0.321. The van der Waals surface area contributed by atoms with Crippen molar-refractivity contribution in [1.82, 2.24) is 10.2 Å². The van der Waals surface area contributed by atoms with Crippen molar-refractivity contribution in [2.24, 2.45) is 0 Å². The van der Waals surface area contributed by atoms with E-state index in [1.165, 1.54) is 23.5 Å². The number of hydrogen-bond donors (Lipinski definition) is 2. The van der Waals surface area contributed by atoms with Crippen molar-refractivity contribution in [3.8, 4) is 0 Å². The maximum absolute atomic E-state index is 13.6. The van der Waals surface area contributed by atoms with Crippen LogP contribution < -0.4 is 10.6 Å². The van der Waals surface area contributed by atoms with Gasteiger partial charge in [-0.3, -0.25) is 9.59 Å². The predicted molar refractivity (Wildman–Crippen MR) is 114 cm³/mol. The quantitative estimate of drug-likeness (QED) is 0.613. The maximum atomic E-state index is 13.6. The van der Waals surface area contributed by atoms with E-state index in [0.29, 0.717) is 22.7 Å². The molecule has 1 atom stereocenters. The summed E-state index contributed by atoms with van der Waals surface area (Å²) in [6, 6.07) is 16.5. The lowest BCUT2D eigenvalue weighted by atomic mass is 10.1. The van der Waals surface area contributed by atoms with Crippen LogP contribution >= 0.6 is 11.3 Å². The lowest BCUT2D eigenvalue weighted by Gasteiger charge is -2.25. The number of hydrogen-bond acceptors (Lipinski definition) is 4. The van der Waals surface area contributed by atoms with Gasteiger partial charge in [0.25, 0.3) is 11.8 Å². The molecule has 0 aliphatic rings. The molecule has 0 aliphatic heterocycles. The lowest BCUT2D eigenvalue weighted by Crippen LogP contribution is -2.34. The summed E-state index contributed by atoms with van der Waals surface area (Å²) in [7, 11) is 3.75. The van der Waals surface area contributed by atoms with E-state index < -0.39 is 0 Å². The van der Waals surface area contributed by atoms with Crippen molar-refractivity contribution in [1.29, 1.82) is 0 Å². The molecule has 0 bridgehead atoms. The molecule has 150 valence electrons. The summed E-state index contributed by atoms with van der Waals surface area (Å²) in [5.74, 6) is -0.785. The van der Waals surface area contributed by atoms with Crippen LogP contribution in [0.5, 0.6) is 0 Å². The highest BCUT2D eigenvalue weighted by atomic mass is 32.1. The standard InChI is InChI=1S/C22H22FN3O2S/c1-26(2)19(15-6-3-8-17(23)12-15)14-24-21(27)16-7-4-9-18(13-16)25-22(28)20-10-5-11-29-20/h3-13,19H,14H2,1-2H3,(H,24,27)(H,25,28). The molecule has 3 aromatic rings. The third kappa shape index (κ3) is 5.49. The van der Waals surface area contributed by atoms with Crippen LogP contribution in [0.15, 0.2) is 66.0 Å². The van der Waals surface area contributed by atoms with E-state index in [2.05, 4.69) is 10.6 Å². The van der Waals surface area contributed by atoms with E-state index in [9.17, 15) is 14.0 Å². The summed E-state index contributed by atoms with van der Waals surface area (Å²) >= 11 is 1.35. The van der Waals surface area contributed by atoms with Gasteiger partial charge in [0, 0.05) is 17.8 Å². The second-order valence-electron chi connectivity index (χ2n) is 6.76. The van der Waals surface area contributed by atoms with Crippen molar-refractivity contribution >= 4 is 28.8 Å². The minimum atomic E-state index is -0.310. The van der Waals surface area contributed by atoms with Crippen molar-refractivity contribution < 1.29 is 14.0 Å². The number of rotatable bonds is 7. The second-order valence-corrected chi connectivity index (χ2v) is 7.70. The molecule has 1 unspecified atom stereocenters. The summed E-state index contributed by atoms with van der Waals surface area (Å²) < 4.78 is 13.6. The van der Waals surface area contributed by atoms with Gasteiger partial charge >= 0.3 is 0 Å². The van der Waals surface area contributed by atoms with Crippen molar-refractivity contribution in [2.45, 2.75) is 6.04 Å². The van der Waals surface area contributed by atoms with Gasteiger partial charge in [0.1, 0.15) is 5.82 Å². The van der Waals surface area contributed by atoms with Gasteiger partial charge in [0.2, 0.25) is 0 Å². The average molecular weight is 412 g/mol. The fourth-order valence-corrected chi connectivity index (χ4v) is 3.56. The second kappa shape index (κ2) is 9.45. The number of benzene rings is 2. The topological polar surface area (TPSA) is 61.4 Å². The Morgan fingerprint density at radius 3 is 2.52 bits per heavy atom. The number of carbonyl (C=O) groups is 2. The summed E-state index contributed by atoms with van der Waals surface area (Å²) in [6.07, 6.45) is 0. The van der Waals surface area contributed by atoms with Crippen LogP contribution in [-0.4, -0.2) is 37.4 Å². The lowest BCUT2D eigenvalue weighted by molar-refractivity contribution is 0.0940. The third-order valence-corrected chi connectivity index (χ3v) is 5.31. The van der Waals surface area contributed by atoms with Crippen LogP contribution in [-0.2, 0) is 0 Å². The highest BCUT2D eigenvalue weighted by Crippen LogP contribution is 2.19. The fraction of sp³-hybridized carbons (Fsp3) is 0.182. The number of likely N-dealkylation sites (N-methyl/N-ethyl adjacent to an activating group) is 1. The Hall–Kier alpha value is -3.03. The van der Waals surface area contributed by atoms with E-state index in [4.69, 9.17) is 0 Å². The van der Waals surface area contributed by atoms with Gasteiger partial charge in [-0.15, -0.1) is 11.3 Å². The van der Waals surface area contributed by atoms with Crippen LogP contribution in [0, 0.1) is 5.82 Å². The van der Waals surface area contributed by atoms with Gasteiger partial charge in [0.15, 0.2) is 0 Å². The molecule has 0 spiro atoms. The largest absolute Gasteiger partial charge is 0.350 e. The van der Waals surface area contributed by atoms with Crippen LogP contribution in [0.25, 0.3) is 0 Å². The number of nitrogens with zero attached hydrogens (tertiary/aromatic N) is 1. The third-order valence-electron chi connectivity index (χ3n) is 4.44. The highest BCUT2D eigenvalue weighted by molar-refractivity contribution is 7.12. The molecule has 3 rings (SSSR count). The van der Waals surface area contributed by atoms with E-state index in [1.807, 2.05) is 36.5 Å². The van der Waals surface area contributed by atoms with Crippen molar-refractivity contribution in [3.05, 3.63) is 87.9 Å². The van der Waals surface area contributed by atoms with Gasteiger partial charge in [-0.1, -0.05) is 24.3 Å². The normalized spacial score (nSPS) is 11.9. The zero-order chi connectivity index (χ0) is 20.8. The van der Waals surface area contributed by atoms with Crippen LogP contribution in [0.3, 0.4) is 0 Å². The number of amides is 2. The first-order valence-electron chi connectivity index (χ1n) is 9.09. The van der Waals surface area contributed by atoms with Gasteiger partial charge < -0.3 is 15.5 Å². The summed E-state index contributed by atoms with van der Waals surface area (Å²) in [4.78, 5) is 27.3. The molecule has 0 radical (unpaired) electrons. The molecule has 2 N–H and O–H groups in total. The SMILES string of the molecule is CN(C)C(CNC(=O)c1cccc(NC(=O)c2cccs2)c1)c1cccc(F)c1. The molecule has 0 saturated heterocycles. The van der Waals surface area contributed by atoms with Gasteiger partial charge in [0.05, 0.1) is 10.9 Å². The first kappa shape index (κ1) is 20.7. The van der Waals surface area contributed by atoms with Crippen LogP contribution in [0.4, 0.5) is 10.1 Å². The zero-order valence-corrected chi connectivity index (χ0v) is 17.0. The molecule has 29 heavy (non-hydrogen) atoms. The summed E-state index contributed by atoms with van der Waals surface area (Å²) in [5, 5.41) is 7.52. The smallest absolute Gasteiger partial charge is 0.265 e. The van der Waals surface area contributed by atoms with E-state index in [0.717, 1.165) is 5.56 Å². The number of anilines is 1. The van der Waals surface area contributed by atoms with Crippen molar-refractivity contribution in [2.75, 3.05) is 26.0 Å². The molecule has 0 fully saturated rings. The van der Waals surface area contributed by atoms with Gasteiger partial charge in [-0.05, 0) is 61.4 Å². The van der Waals surface area contributed by atoms with Crippen LogP contribution in [0.1, 0.15) is 31.6 Å². The molecule has 1 aromatic heterocycles. The Balaban J connectivity index is 1.66. The molecule has 0 aliphatic carbocycles. The number of thiophene rings is 1. The molecular weight excluding hydrogens is 389 g/mol.